The van der Waals surface area contributed by atoms with Gasteiger partial charge >= 0.3 is 33.4 Å². The summed E-state index contributed by atoms with van der Waals surface area (Å²) < 4.78 is 150. The molecule has 1 saturated heterocycles. The molecule has 2 aromatic rings. The lowest BCUT2D eigenvalue weighted by molar-refractivity contribution is -0.382. The van der Waals surface area contributed by atoms with E-state index in [2.05, 4.69) is 3.63 Å². The first-order valence-corrected chi connectivity index (χ1v) is 15.7. The molecule has 2 aromatic carbocycles. The minimum Gasteiger partial charge on any atom is -0.211 e. The number of fused-ring (bicyclic) bond motifs is 3. The molecule has 2 saturated carbocycles. The van der Waals surface area contributed by atoms with E-state index >= 15 is 0 Å². The van der Waals surface area contributed by atoms with Gasteiger partial charge in [0, 0.05) is 16.4 Å². The Morgan fingerprint density at radius 3 is 1.95 bits per heavy atom. The molecule has 5 rings (SSSR count). The zero-order valence-corrected chi connectivity index (χ0v) is 21.9. The average molecular weight is 609 g/mol. The Morgan fingerprint density at radius 1 is 0.769 bits per heavy atom. The van der Waals surface area contributed by atoms with Crippen LogP contribution in [0, 0.1) is 11.8 Å². The number of benzene rings is 2. The van der Waals surface area contributed by atoms with E-state index in [0.717, 1.165) is 17.4 Å². The van der Waals surface area contributed by atoms with Crippen LogP contribution in [-0.4, -0.2) is 43.2 Å². The second kappa shape index (κ2) is 9.17. The molecule has 39 heavy (non-hydrogen) atoms. The fourth-order valence-electron chi connectivity index (χ4n) is 6.20. The van der Waals surface area contributed by atoms with Crippen LogP contribution in [0.2, 0.25) is 0 Å². The van der Waals surface area contributed by atoms with Gasteiger partial charge in [-0.05, 0) is 78.3 Å². The van der Waals surface area contributed by atoms with Gasteiger partial charge in [0.05, 0.1) is 0 Å². The quantitative estimate of drug-likeness (QED) is 0.297. The van der Waals surface area contributed by atoms with Crippen LogP contribution < -0.4 is 0 Å². The molecule has 2 bridgehead atoms. The van der Waals surface area contributed by atoms with Crippen molar-refractivity contribution >= 4 is 31.2 Å². The summed E-state index contributed by atoms with van der Waals surface area (Å²) in [4.78, 5) is 0.102. The van der Waals surface area contributed by atoms with E-state index in [1.165, 1.54) is 31.4 Å². The highest BCUT2D eigenvalue weighted by atomic mass is 32.3. The Kier molecular flexibility index (Phi) is 6.78. The van der Waals surface area contributed by atoms with Crippen LogP contribution in [-0.2, 0) is 13.7 Å². The molecule has 0 amide bonds. The van der Waals surface area contributed by atoms with Gasteiger partial charge in [-0.3, -0.25) is 0 Å². The van der Waals surface area contributed by atoms with Crippen molar-refractivity contribution in [3.8, 4) is 0 Å². The summed E-state index contributed by atoms with van der Waals surface area (Å²) in [7, 11) is -10.2. The molecule has 2 aliphatic carbocycles. The first kappa shape index (κ1) is 28.8. The minimum atomic E-state index is -7.34. The molecule has 14 heteroatoms. The van der Waals surface area contributed by atoms with Crippen molar-refractivity contribution in [3.63, 3.8) is 0 Å². The predicted octanol–water partition coefficient (Wildman–Crippen LogP) is 8.39. The van der Waals surface area contributed by atoms with E-state index in [-0.39, 0.29) is 29.2 Å². The highest BCUT2D eigenvalue weighted by Crippen LogP contribution is 2.65. The van der Waals surface area contributed by atoms with Crippen LogP contribution >= 0.6 is 10.3 Å². The molecule has 3 unspecified atom stereocenters. The normalized spacial score (nSPS) is 26.8. The minimum absolute atomic E-state index is 0.102. The Hall–Kier alpha value is -1.67. The van der Waals surface area contributed by atoms with E-state index < -0.39 is 43.7 Å². The number of hydrogen-bond acceptors (Lipinski definition) is 3. The first-order chi connectivity index (χ1) is 17.9. The van der Waals surface area contributed by atoms with Crippen molar-refractivity contribution in [2.75, 3.05) is 11.5 Å². The lowest BCUT2D eigenvalue weighted by Gasteiger charge is -2.38. The zero-order chi connectivity index (χ0) is 28.6. The van der Waals surface area contributed by atoms with Crippen molar-refractivity contribution in [1.82, 2.24) is 0 Å². The highest BCUT2D eigenvalue weighted by Gasteiger charge is 2.86. The van der Waals surface area contributed by atoms with Crippen LogP contribution in [0.5, 0.6) is 0 Å². The van der Waals surface area contributed by atoms with Crippen molar-refractivity contribution in [1.29, 1.82) is 0 Å². The molecular formula is C25H25F9O3S2. The molecule has 0 spiro atoms. The Morgan fingerprint density at radius 2 is 1.38 bits per heavy atom. The van der Waals surface area contributed by atoms with E-state index in [0.29, 0.717) is 23.1 Å². The predicted molar refractivity (Wildman–Crippen MR) is 128 cm³/mol. The van der Waals surface area contributed by atoms with Crippen LogP contribution in [0.1, 0.15) is 50.0 Å². The first-order valence-electron chi connectivity index (χ1n) is 12.4. The number of halogens is 9. The number of alkyl halides is 9. The van der Waals surface area contributed by atoms with E-state index in [4.69, 9.17) is 0 Å². The molecule has 0 radical (unpaired) electrons. The third-order valence-corrected chi connectivity index (χ3v) is 13.9. The van der Waals surface area contributed by atoms with Gasteiger partial charge in [0.2, 0.25) is 0 Å². The van der Waals surface area contributed by atoms with Gasteiger partial charge in [-0.25, -0.2) is 3.63 Å². The fraction of sp³-hybridized carbons (Fsp3) is 0.600. The Bertz CT molecular complexity index is 1370. The molecule has 1 heterocycles. The van der Waals surface area contributed by atoms with Crippen LogP contribution in [0.4, 0.5) is 39.5 Å². The maximum Gasteiger partial charge on any atom is 0.460 e. The van der Waals surface area contributed by atoms with E-state index in [1.807, 2.05) is 12.1 Å². The summed E-state index contributed by atoms with van der Waals surface area (Å²) in [5.74, 6) is -13.2. The van der Waals surface area contributed by atoms with Gasteiger partial charge < -0.3 is 0 Å². The molecule has 3 aliphatic rings. The lowest BCUT2D eigenvalue weighted by atomic mass is 9.83. The number of hydrogen-bond donors (Lipinski definition) is 0. The third-order valence-electron chi connectivity index (χ3n) is 8.28. The summed E-state index contributed by atoms with van der Waals surface area (Å²) in [6.45, 7) is 0. The SMILES string of the molecule is O=S(=O)(OS1(c2ccc3cc(C4CC5CCC4C5)ccc3c2)CCCC1)C(F)(F)C(F)(F)C(F)(F)C(F)(F)F. The molecule has 0 N–H and O–H groups in total. The van der Waals surface area contributed by atoms with Crippen molar-refractivity contribution in [3.05, 3.63) is 42.0 Å². The maximum absolute atomic E-state index is 14.4. The Labute approximate surface area is 220 Å². The molecular weight excluding hydrogens is 583 g/mol. The van der Waals surface area contributed by atoms with Gasteiger partial charge in [-0.15, -0.1) is 0 Å². The standard InChI is InChI=1S/C25H25F9O3S2/c26-22(27,24(30,31)32)23(28,29)25(33,34)39(35,36)37-38(9-1-2-10-38)20-8-7-16-13-19(6-5-17(16)14-20)21-12-15-3-4-18(21)11-15/h5-8,13-15,18,21H,1-4,9-12H2. The van der Waals surface area contributed by atoms with Crippen LogP contribution in [0.3, 0.4) is 0 Å². The second-order valence-corrected chi connectivity index (χ2v) is 15.5. The van der Waals surface area contributed by atoms with Gasteiger partial charge in [-0.2, -0.15) is 47.9 Å². The van der Waals surface area contributed by atoms with Crippen LogP contribution in [0.15, 0.2) is 41.3 Å². The molecule has 0 aromatic heterocycles. The topological polar surface area (TPSA) is 43.4 Å². The van der Waals surface area contributed by atoms with Gasteiger partial charge in [0.1, 0.15) is 0 Å². The molecule has 3 fully saturated rings. The van der Waals surface area contributed by atoms with Crippen molar-refractivity contribution < 1.29 is 51.6 Å². The largest absolute Gasteiger partial charge is 0.460 e. The lowest BCUT2D eigenvalue weighted by Crippen LogP contribution is -2.63. The maximum atomic E-state index is 14.4. The van der Waals surface area contributed by atoms with Gasteiger partial charge in [-0.1, -0.05) is 41.0 Å². The molecule has 3 atom stereocenters. The zero-order valence-electron chi connectivity index (χ0n) is 20.3. The number of rotatable bonds is 7. The van der Waals surface area contributed by atoms with Gasteiger partial charge in [0.15, 0.2) is 0 Å². The van der Waals surface area contributed by atoms with Crippen LogP contribution in [0.25, 0.3) is 10.8 Å². The molecule has 218 valence electrons. The smallest absolute Gasteiger partial charge is 0.211 e. The third kappa shape index (κ3) is 4.43. The summed E-state index contributed by atoms with van der Waals surface area (Å²) in [6.07, 6.45) is -1.94. The second-order valence-electron chi connectivity index (χ2n) is 10.7. The van der Waals surface area contributed by atoms with E-state index in [1.54, 1.807) is 12.1 Å². The summed E-state index contributed by atoms with van der Waals surface area (Å²) in [5.41, 5.74) is 1.15. The fourth-order valence-corrected chi connectivity index (χ4v) is 11.9. The molecule has 3 nitrogen and oxygen atoms in total. The Balaban J connectivity index is 1.47. The van der Waals surface area contributed by atoms with Crippen molar-refractivity contribution in [2.24, 2.45) is 11.8 Å². The van der Waals surface area contributed by atoms with Gasteiger partial charge in [0.25, 0.3) is 0 Å². The summed E-state index contributed by atoms with van der Waals surface area (Å²) in [6, 6.07) is 10.2. The summed E-state index contributed by atoms with van der Waals surface area (Å²) in [5, 5.41) is -5.50. The molecule has 1 aliphatic heterocycles. The highest BCUT2D eigenvalue weighted by molar-refractivity contribution is 8.33. The average Bonchev–Trinajstić information content (AvgIpc) is 3.60. The summed E-state index contributed by atoms with van der Waals surface area (Å²) >= 11 is 0. The van der Waals surface area contributed by atoms with Crippen molar-refractivity contribution in [2.45, 2.75) is 72.6 Å². The van der Waals surface area contributed by atoms with E-state index in [9.17, 15) is 47.9 Å². The monoisotopic (exact) mass is 608 g/mol.